The van der Waals surface area contributed by atoms with Crippen molar-refractivity contribution in [2.75, 3.05) is 0 Å². The van der Waals surface area contributed by atoms with Crippen LogP contribution in [0.4, 0.5) is 0 Å². The topological polar surface area (TPSA) is 80.2 Å². The number of thiophene rings is 1. The molecule has 0 radical (unpaired) electrons. The monoisotopic (exact) mass is 977 g/mol. The Labute approximate surface area is 437 Å². The molecule has 6 aromatic rings. The van der Waals surface area contributed by atoms with Gasteiger partial charge >= 0.3 is 0 Å². The number of pyridine rings is 2. The van der Waals surface area contributed by atoms with Gasteiger partial charge in [0, 0.05) is 43.4 Å². The molecule has 1 aromatic carbocycles. The zero-order valence-electron chi connectivity index (χ0n) is 48.3. The summed E-state index contributed by atoms with van der Waals surface area (Å²) in [4.78, 5) is 15.3. The van der Waals surface area contributed by atoms with E-state index in [-0.39, 0.29) is 29.7 Å². The van der Waals surface area contributed by atoms with Crippen LogP contribution in [-0.2, 0) is 0 Å². The van der Waals surface area contributed by atoms with Gasteiger partial charge in [-0.2, -0.15) is 16.4 Å². The Bertz CT molecular complexity index is 1140. The number of nitrogens with one attached hydrogen (secondary N) is 1. The van der Waals surface area contributed by atoms with E-state index in [2.05, 4.69) is 72.9 Å². The summed E-state index contributed by atoms with van der Waals surface area (Å²) in [6, 6.07) is 20.3. The molecule has 5 heterocycles. The minimum atomic E-state index is 0. The van der Waals surface area contributed by atoms with Gasteiger partial charge in [0.2, 0.25) is 0 Å². The van der Waals surface area contributed by atoms with Gasteiger partial charge in [0.25, 0.3) is 0 Å². The first-order chi connectivity index (χ1) is 31.4. The van der Waals surface area contributed by atoms with Crippen LogP contribution in [0.5, 0.6) is 0 Å². The first kappa shape index (κ1) is 110. The van der Waals surface area contributed by atoms with Crippen LogP contribution in [0, 0.1) is 41.5 Å². The number of H-pyrrole nitrogens is 1. The third-order valence-corrected chi connectivity index (χ3v) is 5.39. The Morgan fingerprint density at radius 2 is 0.691 bits per heavy atom. The highest BCUT2D eigenvalue weighted by molar-refractivity contribution is 7.07. The van der Waals surface area contributed by atoms with Gasteiger partial charge in [-0.05, 0) is 104 Å². The van der Waals surface area contributed by atoms with Crippen LogP contribution in [0.25, 0.3) is 0 Å². The average molecular weight is 978 g/mol. The smallest absolute Gasteiger partial charge is 0.115 e. The molecule has 0 aliphatic rings. The molecular weight excluding hydrogens is 849 g/mol. The number of aromatic amines is 1. The van der Waals surface area contributed by atoms with Crippen molar-refractivity contribution in [2.24, 2.45) is 0 Å². The van der Waals surface area contributed by atoms with Crippen LogP contribution in [0.15, 0.2) is 127 Å². The van der Waals surface area contributed by atoms with Gasteiger partial charge < -0.3 is 0 Å². The van der Waals surface area contributed by atoms with E-state index in [1.807, 2.05) is 249 Å². The highest BCUT2D eigenvalue weighted by Gasteiger charge is 1.77. The van der Waals surface area contributed by atoms with Crippen LogP contribution in [-0.4, -0.2) is 30.1 Å². The zero-order valence-corrected chi connectivity index (χ0v) is 49.1. The molecule has 6 nitrogen and oxygen atoms in total. The number of benzene rings is 1. The summed E-state index contributed by atoms with van der Waals surface area (Å²) in [5.41, 5.74) is 7.43. The van der Waals surface area contributed by atoms with Gasteiger partial charge in [0.05, 0.1) is 6.20 Å². The summed E-state index contributed by atoms with van der Waals surface area (Å²) < 4.78 is 0. The SMILES string of the molecule is C.C.C.C.CC.CC.CC.CC.CC.CC.CC.CC.CC.CC.CC.CC.Cc1ccccc1.Cc1cccnc1.Cc1ccncc1.Cc1ccsc1.Cc1cn[nH]c1.Cc1cncnc1. The maximum atomic E-state index is 3.88. The van der Waals surface area contributed by atoms with Crippen molar-refractivity contribution >= 4 is 11.3 Å². The lowest BCUT2D eigenvalue weighted by molar-refractivity contribution is 1.09. The molecule has 6 rings (SSSR count). The molecule has 0 unspecified atom stereocenters. The fraction of sp³-hybridized carbons (Fsp3) is 0.557. The highest BCUT2D eigenvalue weighted by Crippen LogP contribution is 2.01. The second-order valence-corrected chi connectivity index (χ2v) is 9.48. The molecule has 0 saturated carbocycles. The second kappa shape index (κ2) is 137. The third-order valence-electron chi connectivity index (χ3n) is 4.58. The van der Waals surface area contributed by atoms with Gasteiger partial charge in [-0.1, -0.05) is 238 Å². The molecule has 0 spiro atoms. The van der Waals surface area contributed by atoms with Crippen LogP contribution < -0.4 is 0 Å². The molecule has 0 aliphatic heterocycles. The standard InChI is InChI=1S/C7H8.2C6H7N.C5H6N2.C5H6S.C4H6N2.12C2H6.4CH4/c1-7-5-3-2-4-6-7;1-6-2-4-7-5-3-6;1-6-3-2-4-7-5-6;1-5-2-6-4-7-3-5;1-5-2-3-6-4-5;1-4-2-5-6-3-4;12*1-2;;;;/h2-6H,1H3;2*2-5H,1H3;2-4H,1H3;2-4H,1H3;2-3H,1H3,(H,5,6);12*1-2H3;4*1H4. The molecule has 68 heavy (non-hydrogen) atoms. The fourth-order valence-corrected chi connectivity index (χ4v) is 3.10. The molecule has 0 fully saturated rings. The van der Waals surface area contributed by atoms with Gasteiger partial charge in [0.15, 0.2) is 0 Å². The zero-order chi connectivity index (χ0) is 53.3. The van der Waals surface area contributed by atoms with E-state index in [1.165, 1.54) is 34.1 Å². The minimum absolute atomic E-state index is 0. The molecule has 0 aliphatic carbocycles. The minimum Gasteiger partial charge on any atom is -0.285 e. The molecule has 1 N–H and O–H groups in total. The number of hydrogen-bond donors (Lipinski definition) is 1. The van der Waals surface area contributed by atoms with E-state index in [4.69, 9.17) is 0 Å². The van der Waals surface area contributed by atoms with Gasteiger partial charge in [-0.15, -0.1) is 0 Å². The average Bonchev–Trinajstić information content (AvgIpc) is 4.11. The van der Waals surface area contributed by atoms with Crippen LogP contribution in [0.3, 0.4) is 0 Å². The van der Waals surface area contributed by atoms with Crippen molar-refractivity contribution < 1.29 is 0 Å². The normalized spacial score (nSPS) is 6.21. The Balaban J connectivity index is -0.0000000310. The van der Waals surface area contributed by atoms with Crippen molar-refractivity contribution in [3.63, 3.8) is 0 Å². The number of aromatic nitrogens is 6. The summed E-state index contributed by atoms with van der Waals surface area (Å²) in [6.45, 7) is 60.2. The molecule has 0 amide bonds. The molecular formula is C61H128N6S. The molecule has 408 valence electrons. The van der Waals surface area contributed by atoms with E-state index in [1.54, 1.807) is 48.5 Å². The van der Waals surface area contributed by atoms with Crippen LogP contribution >= 0.6 is 11.3 Å². The Morgan fingerprint density at radius 1 is 0.324 bits per heavy atom. The maximum absolute atomic E-state index is 3.88. The Morgan fingerprint density at radius 3 is 0.838 bits per heavy atom. The van der Waals surface area contributed by atoms with Crippen molar-refractivity contribution in [2.45, 2.75) is 237 Å². The second-order valence-electron chi connectivity index (χ2n) is 8.70. The number of rotatable bonds is 0. The summed E-state index contributed by atoms with van der Waals surface area (Å²) in [5.74, 6) is 0. The molecule has 0 saturated heterocycles. The van der Waals surface area contributed by atoms with Crippen molar-refractivity contribution in [1.82, 2.24) is 30.1 Å². The largest absolute Gasteiger partial charge is 0.285 e. The predicted molar refractivity (Wildman–Crippen MR) is 331 cm³/mol. The Kier molecular flexibility index (Phi) is 222. The molecule has 0 bridgehead atoms. The first-order valence-corrected chi connectivity index (χ1v) is 25.7. The van der Waals surface area contributed by atoms with Crippen molar-refractivity contribution in [3.05, 3.63) is 161 Å². The van der Waals surface area contributed by atoms with E-state index in [0.29, 0.717) is 0 Å². The quantitative estimate of drug-likeness (QED) is 0.164. The van der Waals surface area contributed by atoms with E-state index in [9.17, 15) is 0 Å². The summed E-state index contributed by atoms with van der Waals surface area (Å²) in [6.07, 6.45) is 15.9. The lowest BCUT2D eigenvalue weighted by Crippen LogP contribution is -1.75. The van der Waals surface area contributed by atoms with Crippen molar-refractivity contribution in [3.8, 4) is 0 Å². The Hall–Kier alpha value is -4.49. The third kappa shape index (κ3) is 131. The van der Waals surface area contributed by atoms with Crippen molar-refractivity contribution in [1.29, 1.82) is 0 Å². The van der Waals surface area contributed by atoms with E-state index < -0.39 is 0 Å². The van der Waals surface area contributed by atoms with Gasteiger partial charge in [-0.25, -0.2) is 9.97 Å². The molecule has 0 atom stereocenters. The first-order valence-electron chi connectivity index (χ1n) is 24.8. The van der Waals surface area contributed by atoms with Gasteiger partial charge in [-0.3, -0.25) is 15.1 Å². The number of hydrogen-bond acceptors (Lipinski definition) is 6. The summed E-state index contributed by atoms with van der Waals surface area (Å²) >= 11 is 1.74. The number of aryl methyl sites for hydroxylation is 6. The number of nitrogens with zero attached hydrogens (tertiary/aromatic N) is 5. The molecule has 7 heteroatoms. The summed E-state index contributed by atoms with van der Waals surface area (Å²) in [7, 11) is 0. The van der Waals surface area contributed by atoms with E-state index in [0.717, 1.165) is 5.56 Å². The van der Waals surface area contributed by atoms with E-state index >= 15 is 0 Å². The summed E-state index contributed by atoms with van der Waals surface area (Å²) in [5, 5.41) is 10.6. The fourth-order valence-electron chi connectivity index (χ4n) is 2.43. The van der Waals surface area contributed by atoms with Crippen LogP contribution in [0.1, 0.15) is 229 Å². The highest BCUT2D eigenvalue weighted by atomic mass is 32.1. The predicted octanol–water partition coefficient (Wildman–Crippen LogP) is 23.2. The lowest BCUT2D eigenvalue weighted by atomic mass is 10.2. The van der Waals surface area contributed by atoms with Crippen LogP contribution in [0.2, 0.25) is 0 Å². The van der Waals surface area contributed by atoms with Gasteiger partial charge in [0.1, 0.15) is 6.33 Å². The lowest BCUT2D eigenvalue weighted by Gasteiger charge is -1.82. The maximum Gasteiger partial charge on any atom is 0.115 e. The molecule has 5 aromatic heterocycles.